The molecule has 0 amide bonds. The second-order valence-electron chi connectivity index (χ2n) is 5.76. The van der Waals surface area contributed by atoms with Crippen LogP contribution in [0.15, 0.2) is 53.1 Å². The van der Waals surface area contributed by atoms with Crippen molar-refractivity contribution in [3.8, 4) is 5.69 Å². The molecule has 8 heteroatoms. The zero-order valence-electron chi connectivity index (χ0n) is 12.9. The van der Waals surface area contributed by atoms with Gasteiger partial charge in [0.25, 0.3) is 6.43 Å². The van der Waals surface area contributed by atoms with E-state index in [1.807, 2.05) is 6.07 Å². The molecule has 1 saturated carbocycles. The Morgan fingerprint density at radius 3 is 2.72 bits per heavy atom. The number of rotatable bonds is 4. The number of thiazole rings is 1. The van der Waals surface area contributed by atoms with Crippen molar-refractivity contribution >= 4 is 16.5 Å². The summed E-state index contributed by atoms with van der Waals surface area (Å²) < 4.78 is 41.1. The maximum atomic E-state index is 14.1. The molecule has 3 aromatic heterocycles. The summed E-state index contributed by atoms with van der Waals surface area (Å²) >= 11 is 1.28. The summed E-state index contributed by atoms with van der Waals surface area (Å²) in [5.41, 5.74) is 0.0254. The quantitative estimate of drug-likeness (QED) is 0.688. The molecular formula is C17H13F3N4S. The van der Waals surface area contributed by atoms with E-state index in [0.29, 0.717) is 34.8 Å². The first-order valence-electron chi connectivity index (χ1n) is 7.67. The van der Waals surface area contributed by atoms with Crippen LogP contribution >= 0.6 is 11.3 Å². The largest absolute Gasteiger partial charge is 0.300 e. The summed E-state index contributed by atoms with van der Waals surface area (Å²) in [6.45, 7) is 0. The molecule has 4 nitrogen and oxygen atoms in total. The predicted octanol–water partition coefficient (Wildman–Crippen LogP) is 4.46. The van der Waals surface area contributed by atoms with Crippen LogP contribution in [-0.2, 0) is 5.67 Å². The van der Waals surface area contributed by atoms with E-state index < -0.39 is 12.1 Å². The molecule has 3 heterocycles. The molecule has 0 unspecified atom stereocenters. The molecule has 0 aliphatic heterocycles. The van der Waals surface area contributed by atoms with Gasteiger partial charge in [-0.05, 0) is 37.1 Å². The molecular weight excluding hydrogens is 349 g/mol. The highest BCUT2D eigenvalue weighted by Crippen LogP contribution is 2.50. The molecule has 0 radical (unpaired) electrons. The molecule has 0 spiro atoms. The first-order chi connectivity index (χ1) is 12.0. The number of halogens is 3. The minimum absolute atomic E-state index is 0.277. The van der Waals surface area contributed by atoms with Gasteiger partial charge in [-0.15, -0.1) is 11.3 Å². The second-order valence-corrected chi connectivity index (χ2v) is 6.60. The summed E-state index contributed by atoms with van der Waals surface area (Å²) in [6.07, 6.45) is 1.52. The van der Waals surface area contributed by atoms with E-state index in [1.165, 1.54) is 23.6 Å². The highest BCUT2D eigenvalue weighted by molar-refractivity contribution is 7.13. The van der Waals surface area contributed by atoms with Crippen molar-refractivity contribution in [3.63, 3.8) is 0 Å². The lowest BCUT2D eigenvalue weighted by Gasteiger charge is -2.07. The van der Waals surface area contributed by atoms with Gasteiger partial charge >= 0.3 is 0 Å². The van der Waals surface area contributed by atoms with Crippen LogP contribution in [0, 0.1) is 0 Å². The number of aromatic nitrogens is 3. The second kappa shape index (κ2) is 6.11. The van der Waals surface area contributed by atoms with Crippen molar-refractivity contribution in [2.24, 2.45) is 4.99 Å². The van der Waals surface area contributed by atoms with Crippen LogP contribution in [0.1, 0.15) is 30.7 Å². The smallest absolute Gasteiger partial charge is 0.280 e. The van der Waals surface area contributed by atoms with Crippen LogP contribution in [0.4, 0.5) is 18.3 Å². The van der Waals surface area contributed by atoms with Crippen LogP contribution in [0.2, 0.25) is 0 Å². The molecule has 1 aliphatic rings. The van der Waals surface area contributed by atoms with Crippen molar-refractivity contribution in [1.29, 1.82) is 0 Å². The number of alkyl halides is 3. The van der Waals surface area contributed by atoms with Gasteiger partial charge in [0.05, 0.1) is 17.6 Å². The van der Waals surface area contributed by atoms with Crippen molar-refractivity contribution < 1.29 is 13.2 Å². The molecule has 0 aromatic carbocycles. The molecule has 1 fully saturated rings. The van der Waals surface area contributed by atoms with E-state index in [9.17, 15) is 13.2 Å². The average molecular weight is 362 g/mol. The van der Waals surface area contributed by atoms with E-state index >= 15 is 0 Å². The Kier molecular flexibility index (Phi) is 3.91. The van der Waals surface area contributed by atoms with E-state index in [0.717, 1.165) is 0 Å². The Morgan fingerprint density at radius 1 is 1.20 bits per heavy atom. The summed E-state index contributed by atoms with van der Waals surface area (Å²) in [4.78, 5) is 12.5. The number of hydrogen-bond donors (Lipinski definition) is 0. The summed E-state index contributed by atoms with van der Waals surface area (Å²) in [5, 5.41) is 2.15. The fourth-order valence-electron chi connectivity index (χ4n) is 2.40. The van der Waals surface area contributed by atoms with Gasteiger partial charge in [0, 0.05) is 11.6 Å². The first kappa shape index (κ1) is 16.0. The van der Waals surface area contributed by atoms with Crippen molar-refractivity contribution in [1.82, 2.24) is 14.5 Å². The van der Waals surface area contributed by atoms with Gasteiger partial charge in [-0.25, -0.2) is 23.1 Å². The van der Waals surface area contributed by atoms with E-state index in [1.54, 1.807) is 34.3 Å². The number of nitrogens with zero attached hydrogens (tertiary/aromatic N) is 4. The summed E-state index contributed by atoms with van der Waals surface area (Å²) in [5.74, 6) is 0. The number of hydrogen-bond acceptors (Lipinski definition) is 4. The normalized spacial score (nSPS) is 16.4. The van der Waals surface area contributed by atoms with Gasteiger partial charge in [0.15, 0.2) is 5.67 Å². The van der Waals surface area contributed by atoms with E-state index in [-0.39, 0.29) is 5.69 Å². The van der Waals surface area contributed by atoms with Crippen LogP contribution in [-0.4, -0.2) is 14.5 Å². The molecule has 0 saturated heterocycles. The van der Waals surface area contributed by atoms with Gasteiger partial charge in [-0.3, -0.25) is 4.98 Å². The third kappa shape index (κ3) is 3.21. The standard InChI is InChI=1S/C17H13F3N4S/c18-15(19)12-5-4-11(9-21-12)24-8-2-1-3-14(24)23-16-22-13(10-25-16)17(20)6-7-17/h1-5,8-10,15H,6-7H2/b23-14+. The SMILES string of the molecule is FC(F)c1ccc(-n2cccc/c2=N\c2nc(C3(F)CC3)cs2)cn1. The third-order valence-electron chi connectivity index (χ3n) is 3.96. The molecule has 0 N–H and O–H groups in total. The van der Waals surface area contributed by atoms with Gasteiger partial charge in [0.2, 0.25) is 5.13 Å². The first-order valence-corrected chi connectivity index (χ1v) is 8.55. The van der Waals surface area contributed by atoms with Crippen molar-refractivity contribution in [2.75, 3.05) is 0 Å². The summed E-state index contributed by atoms with van der Waals surface area (Å²) in [7, 11) is 0. The van der Waals surface area contributed by atoms with Gasteiger partial charge in [-0.1, -0.05) is 6.07 Å². The van der Waals surface area contributed by atoms with E-state index in [2.05, 4.69) is 15.0 Å². The molecule has 1 aliphatic carbocycles. The molecule has 3 aromatic rings. The fraction of sp³-hybridized carbons (Fsp3) is 0.235. The Morgan fingerprint density at radius 2 is 2.04 bits per heavy atom. The number of pyridine rings is 2. The van der Waals surface area contributed by atoms with Gasteiger partial charge in [0.1, 0.15) is 11.2 Å². The third-order valence-corrected chi connectivity index (χ3v) is 4.70. The molecule has 0 bridgehead atoms. The minimum atomic E-state index is -2.61. The molecule has 0 atom stereocenters. The molecule has 128 valence electrons. The average Bonchev–Trinajstić information content (AvgIpc) is 3.19. The Balaban J connectivity index is 1.72. The Bertz CT molecular complexity index is 958. The Labute approximate surface area is 145 Å². The van der Waals surface area contributed by atoms with Crippen LogP contribution in [0.5, 0.6) is 0 Å². The van der Waals surface area contributed by atoms with Crippen LogP contribution in [0.25, 0.3) is 5.69 Å². The molecule has 25 heavy (non-hydrogen) atoms. The lowest BCUT2D eigenvalue weighted by Crippen LogP contribution is -2.17. The fourth-order valence-corrected chi connectivity index (χ4v) is 3.18. The van der Waals surface area contributed by atoms with E-state index in [4.69, 9.17) is 0 Å². The topological polar surface area (TPSA) is 43.1 Å². The predicted molar refractivity (Wildman–Crippen MR) is 87.9 cm³/mol. The van der Waals surface area contributed by atoms with Crippen molar-refractivity contribution in [2.45, 2.75) is 24.9 Å². The maximum Gasteiger partial charge on any atom is 0.280 e. The monoisotopic (exact) mass is 362 g/mol. The lowest BCUT2D eigenvalue weighted by atomic mass is 10.3. The minimum Gasteiger partial charge on any atom is -0.300 e. The van der Waals surface area contributed by atoms with Gasteiger partial charge < -0.3 is 4.57 Å². The zero-order chi connectivity index (χ0) is 17.4. The highest BCUT2D eigenvalue weighted by Gasteiger charge is 2.47. The summed E-state index contributed by atoms with van der Waals surface area (Å²) in [6, 6.07) is 8.22. The Hall–Kier alpha value is -2.48. The van der Waals surface area contributed by atoms with Gasteiger partial charge in [-0.2, -0.15) is 0 Å². The van der Waals surface area contributed by atoms with Crippen molar-refractivity contribution in [3.05, 3.63) is 65.0 Å². The maximum absolute atomic E-state index is 14.1. The van der Waals surface area contributed by atoms with Crippen LogP contribution in [0.3, 0.4) is 0 Å². The van der Waals surface area contributed by atoms with Crippen LogP contribution < -0.4 is 5.49 Å². The molecule has 4 rings (SSSR count). The zero-order valence-corrected chi connectivity index (χ0v) is 13.8. The highest BCUT2D eigenvalue weighted by atomic mass is 32.1. The lowest BCUT2D eigenvalue weighted by molar-refractivity contribution is 0.146.